The first-order valence-electron chi connectivity index (χ1n) is 7.80. The van der Waals surface area contributed by atoms with Crippen molar-refractivity contribution in [3.63, 3.8) is 0 Å². The Labute approximate surface area is 138 Å². The maximum Gasteiger partial charge on any atom is 0.259 e. The van der Waals surface area contributed by atoms with Crippen molar-refractivity contribution in [2.24, 2.45) is 0 Å². The van der Waals surface area contributed by atoms with Crippen molar-refractivity contribution >= 4 is 22.9 Å². The Bertz CT molecular complexity index is 868. The van der Waals surface area contributed by atoms with Crippen LogP contribution in [0.2, 0.25) is 0 Å². The molecule has 3 aromatic rings. The molecule has 23 heavy (non-hydrogen) atoms. The quantitative estimate of drug-likeness (QED) is 0.725. The molecule has 6 heteroatoms. The summed E-state index contributed by atoms with van der Waals surface area (Å²) >= 11 is 1.68. The zero-order valence-electron chi connectivity index (χ0n) is 13.2. The van der Waals surface area contributed by atoms with Gasteiger partial charge in [-0.1, -0.05) is 0 Å². The van der Waals surface area contributed by atoms with Gasteiger partial charge in [0.15, 0.2) is 5.65 Å². The number of amides is 1. The predicted octanol–water partition coefficient (Wildman–Crippen LogP) is 3.38. The van der Waals surface area contributed by atoms with E-state index in [0.29, 0.717) is 11.2 Å². The van der Waals surface area contributed by atoms with Gasteiger partial charge in [0, 0.05) is 17.9 Å². The van der Waals surface area contributed by atoms with Crippen LogP contribution in [0.3, 0.4) is 0 Å². The highest BCUT2D eigenvalue weighted by atomic mass is 32.1. The molecule has 0 aliphatic carbocycles. The molecule has 5 nitrogen and oxygen atoms in total. The lowest BCUT2D eigenvalue weighted by atomic mass is 10.1. The predicted molar refractivity (Wildman–Crippen MR) is 89.8 cm³/mol. The summed E-state index contributed by atoms with van der Waals surface area (Å²) in [4.78, 5) is 19.6. The number of carbonyl (C=O) groups is 1. The molecule has 1 fully saturated rings. The molecule has 0 unspecified atom stereocenters. The Kier molecular flexibility index (Phi) is 3.41. The summed E-state index contributed by atoms with van der Waals surface area (Å²) in [5.41, 5.74) is 4.38. The fourth-order valence-electron chi connectivity index (χ4n) is 3.40. The second kappa shape index (κ2) is 5.45. The molecule has 118 valence electrons. The van der Waals surface area contributed by atoms with E-state index in [0.717, 1.165) is 30.8 Å². The molecule has 0 bridgehead atoms. The lowest BCUT2D eigenvalue weighted by Crippen LogP contribution is -2.30. The van der Waals surface area contributed by atoms with E-state index in [2.05, 4.69) is 26.9 Å². The fraction of sp³-hybridized carbons (Fsp3) is 0.353. The number of aromatic nitrogens is 3. The normalized spacial score (nSPS) is 18.0. The van der Waals surface area contributed by atoms with Crippen LogP contribution in [0.25, 0.3) is 5.65 Å². The van der Waals surface area contributed by atoms with Crippen LogP contribution in [-0.2, 0) is 0 Å². The summed E-state index contributed by atoms with van der Waals surface area (Å²) in [6.07, 6.45) is 3.71. The van der Waals surface area contributed by atoms with Crippen LogP contribution in [0.4, 0.5) is 0 Å². The van der Waals surface area contributed by atoms with Gasteiger partial charge in [0.05, 0.1) is 12.2 Å². The average molecular weight is 326 g/mol. The van der Waals surface area contributed by atoms with Crippen molar-refractivity contribution in [3.8, 4) is 0 Å². The summed E-state index contributed by atoms with van der Waals surface area (Å²) in [6, 6.07) is 4.26. The summed E-state index contributed by atoms with van der Waals surface area (Å²) in [6.45, 7) is 4.71. The molecular formula is C17H18N4OS. The van der Waals surface area contributed by atoms with Gasteiger partial charge in [0.2, 0.25) is 0 Å². The molecule has 0 radical (unpaired) electrons. The van der Waals surface area contributed by atoms with Gasteiger partial charge in [-0.3, -0.25) is 4.79 Å². The molecule has 0 N–H and O–H groups in total. The number of nitrogens with zero attached hydrogens (tertiary/aromatic N) is 4. The maximum atomic E-state index is 13.1. The molecule has 3 aromatic heterocycles. The number of likely N-dealkylation sites (tertiary alicyclic amines) is 1. The van der Waals surface area contributed by atoms with E-state index in [1.807, 2.05) is 24.8 Å². The van der Waals surface area contributed by atoms with Crippen molar-refractivity contribution in [3.05, 3.63) is 51.6 Å². The van der Waals surface area contributed by atoms with E-state index in [4.69, 9.17) is 0 Å². The van der Waals surface area contributed by atoms with Crippen LogP contribution < -0.4 is 0 Å². The van der Waals surface area contributed by atoms with Gasteiger partial charge in [-0.15, -0.1) is 0 Å². The molecule has 0 saturated carbocycles. The topological polar surface area (TPSA) is 50.5 Å². The molecule has 1 aliphatic rings. The number of thiophene rings is 1. The van der Waals surface area contributed by atoms with Gasteiger partial charge in [-0.05, 0) is 55.1 Å². The monoisotopic (exact) mass is 326 g/mol. The lowest BCUT2D eigenvalue weighted by molar-refractivity contribution is 0.0737. The number of carbonyl (C=O) groups excluding carboxylic acids is 1. The lowest BCUT2D eigenvalue weighted by Gasteiger charge is -2.23. The number of hydrogen-bond donors (Lipinski definition) is 0. The molecule has 0 spiro atoms. The van der Waals surface area contributed by atoms with Crippen LogP contribution in [-0.4, -0.2) is 31.9 Å². The van der Waals surface area contributed by atoms with Crippen molar-refractivity contribution in [2.75, 3.05) is 6.54 Å². The van der Waals surface area contributed by atoms with Crippen molar-refractivity contribution < 1.29 is 4.79 Å². The molecule has 1 atom stereocenters. The highest BCUT2D eigenvalue weighted by molar-refractivity contribution is 7.08. The molecular weight excluding hydrogens is 308 g/mol. The molecule has 0 aromatic carbocycles. The molecule has 4 heterocycles. The largest absolute Gasteiger partial charge is 0.331 e. The van der Waals surface area contributed by atoms with E-state index in [1.54, 1.807) is 22.0 Å². The molecule has 1 amide bonds. The fourth-order valence-corrected chi connectivity index (χ4v) is 4.10. The Balaban J connectivity index is 1.74. The van der Waals surface area contributed by atoms with Crippen molar-refractivity contribution in [1.82, 2.24) is 19.5 Å². The minimum absolute atomic E-state index is 0.0335. The highest BCUT2D eigenvalue weighted by Crippen LogP contribution is 2.34. The number of hydrogen-bond acceptors (Lipinski definition) is 4. The summed E-state index contributed by atoms with van der Waals surface area (Å²) < 4.78 is 1.75. The van der Waals surface area contributed by atoms with Crippen LogP contribution in [0.15, 0.2) is 29.1 Å². The summed E-state index contributed by atoms with van der Waals surface area (Å²) in [7, 11) is 0. The second-order valence-electron chi connectivity index (χ2n) is 6.05. The van der Waals surface area contributed by atoms with E-state index < -0.39 is 0 Å². The minimum atomic E-state index is 0.0335. The molecule has 1 saturated heterocycles. The Hall–Kier alpha value is -2.21. The van der Waals surface area contributed by atoms with E-state index in [-0.39, 0.29) is 11.9 Å². The van der Waals surface area contributed by atoms with E-state index >= 15 is 0 Å². The highest BCUT2D eigenvalue weighted by Gasteiger charge is 2.32. The first kappa shape index (κ1) is 14.4. The van der Waals surface area contributed by atoms with Gasteiger partial charge in [0.1, 0.15) is 5.56 Å². The Morgan fingerprint density at radius 2 is 2.26 bits per heavy atom. The van der Waals surface area contributed by atoms with Crippen LogP contribution in [0, 0.1) is 13.8 Å². The van der Waals surface area contributed by atoms with Crippen LogP contribution >= 0.6 is 11.3 Å². The SMILES string of the molecule is Cc1cc(C)n2ncc(C(=O)N3CCC[C@@H]3c3ccsc3)c2n1. The van der Waals surface area contributed by atoms with Gasteiger partial charge in [-0.25, -0.2) is 9.50 Å². The zero-order chi connectivity index (χ0) is 16.0. The van der Waals surface area contributed by atoms with E-state index in [1.165, 1.54) is 5.56 Å². The maximum absolute atomic E-state index is 13.1. The zero-order valence-corrected chi connectivity index (χ0v) is 14.0. The van der Waals surface area contributed by atoms with Crippen molar-refractivity contribution in [2.45, 2.75) is 32.7 Å². The third-order valence-corrected chi connectivity index (χ3v) is 5.15. The summed E-state index contributed by atoms with van der Waals surface area (Å²) in [5.74, 6) is 0.0335. The average Bonchev–Trinajstić information content (AvgIpc) is 3.25. The number of aryl methyl sites for hydroxylation is 2. The second-order valence-corrected chi connectivity index (χ2v) is 6.83. The van der Waals surface area contributed by atoms with Gasteiger partial charge >= 0.3 is 0 Å². The van der Waals surface area contributed by atoms with Crippen LogP contribution in [0.5, 0.6) is 0 Å². The first-order valence-corrected chi connectivity index (χ1v) is 8.74. The van der Waals surface area contributed by atoms with Crippen LogP contribution in [0.1, 0.15) is 46.2 Å². The minimum Gasteiger partial charge on any atom is -0.331 e. The third-order valence-electron chi connectivity index (χ3n) is 4.45. The van der Waals surface area contributed by atoms with Gasteiger partial charge < -0.3 is 4.90 Å². The molecule has 4 rings (SSSR count). The van der Waals surface area contributed by atoms with Gasteiger partial charge in [-0.2, -0.15) is 16.4 Å². The Morgan fingerprint density at radius 1 is 1.39 bits per heavy atom. The molecule has 1 aliphatic heterocycles. The van der Waals surface area contributed by atoms with E-state index in [9.17, 15) is 4.79 Å². The standard InChI is InChI=1S/C17H18N4OS/c1-11-8-12(2)21-16(19-11)14(9-18-21)17(22)20-6-3-4-15(20)13-5-7-23-10-13/h5,7-10,15H,3-4,6H2,1-2H3/t15-/m1/s1. The van der Waals surface area contributed by atoms with Gasteiger partial charge in [0.25, 0.3) is 5.91 Å². The Morgan fingerprint density at radius 3 is 3.04 bits per heavy atom. The third kappa shape index (κ3) is 2.34. The smallest absolute Gasteiger partial charge is 0.259 e. The first-order chi connectivity index (χ1) is 11.1. The number of rotatable bonds is 2. The number of fused-ring (bicyclic) bond motifs is 1. The summed E-state index contributed by atoms with van der Waals surface area (Å²) in [5, 5.41) is 8.56. The van der Waals surface area contributed by atoms with Crippen molar-refractivity contribution in [1.29, 1.82) is 0 Å².